The van der Waals surface area contributed by atoms with Gasteiger partial charge in [-0.05, 0) is 28.1 Å². The monoisotopic (exact) mass is 259 g/mol. The van der Waals surface area contributed by atoms with Crippen molar-refractivity contribution in [2.45, 2.75) is 0 Å². The maximum absolute atomic E-state index is 11.0. The molecule has 1 N–H and O–H groups in total. The lowest BCUT2D eigenvalue weighted by Crippen LogP contribution is -2.07. The topological polar surface area (TPSA) is 76.5 Å². The summed E-state index contributed by atoms with van der Waals surface area (Å²) in [4.78, 5) is 25.4. The summed E-state index contributed by atoms with van der Waals surface area (Å²) in [7, 11) is 1.20. The second kappa shape index (κ2) is 4.19. The Morgan fingerprint density at radius 1 is 1.50 bits per heavy atom. The normalized spacial score (nSPS) is 9.57. The number of nitrogens with zero attached hydrogens (tertiary/aromatic N) is 1. The number of carboxylic acids is 1. The van der Waals surface area contributed by atoms with Crippen molar-refractivity contribution in [1.82, 2.24) is 4.98 Å². The molecule has 0 radical (unpaired) electrons. The zero-order valence-corrected chi connectivity index (χ0v) is 8.74. The Kier molecular flexibility index (Phi) is 3.19. The van der Waals surface area contributed by atoms with Crippen molar-refractivity contribution >= 4 is 27.9 Å². The van der Waals surface area contributed by atoms with E-state index in [0.717, 1.165) is 6.07 Å². The maximum atomic E-state index is 11.0. The van der Waals surface area contributed by atoms with Crippen LogP contribution in [-0.2, 0) is 4.74 Å². The van der Waals surface area contributed by atoms with Crippen LogP contribution in [0.3, 0.4) is 0 Å². The summed E-state index contributed by atoms with van der Waals surface area (Å²) < 4.78 is 4.69. The molecule has 1 rings (SSSR count). The number of aromatic nitrogens is 1. The minimum atomic E-state index is -1.13. The van der Waals surface area contributed by atoms with Crippen molar-refractivity contribution in [3.63, 3.8) is 0 Å². The van der Waals surface area contributed by atoms with Gasteiger partial charge in [-0.25, -0.2) is 14.6 Å². The Labute approximate surface area is 87.8 Å². The molecule has 0 atom stereocenters. The van der Waals surface area contributed by atoms with E-state index in [0.29, 0.717) is 0 Å². The van der Waals surface area contributed by atoms with Crippen LogP contribution >= 0.6 is 15.9 Å². The van der Waals surface area contributed by atoms with Crippen LogP contribution in [0, 0.1) is 0 Å². The third-order valence-corrected chi connectivity index (χ3v) is 1.84. The number of halogens is 1. The van der Waals surface area contributed by atoms with Gasteiger partial charge < -0.3 is 9.84 Å². The number of rotatable bonds is 2. The highest BCUT2D eigenvalue weighted by atomic mass is 79.9. The fourth-order valence-electron chi connectivity index (χ4n) is 0.830. The second-order valence-corrected chi connectivity index (χ2v) is 3.17. The van der Waals surface area contributed by atoms with Crippen molar-refractivity contribution in [1.29, 1.82) is 0 Å². The molecule has 5 nitrogen and oxygen atoms in total. The van der Waals surface area contributed by atoms with Gasteiger partial charge in [-0.15, -0.1) is 0 Å². The molecule has 0 saturated carbocycles. The molecule has 1 aromatic rings. The summed E-state index contributed by atoms with van der Waals surface area (Å²) in [5, 5.41) is 8.69. The number of carbonyl (C=O) groups excluding carboxylic acids is 1. The number of methoxy groups -OCH3 is 1. The van der Waals surface area contributed by atoms with Gasteiger partial charge in [0.05, 0.1) is 12.7 Å². The highest BCUT2D eigenvalue weighted by Gasteiger charge is 2.12. The molecule has 0 amide bonds. The van der Waals surface area contributed by atoms with Crippen molar-refractivity contribution < 1.29 is 19.4 Å². The molecule has 0 aliphatic rings. The first-order valence-electron chi connectivity index (χ1n) is 3.54. The van der Waals surface area contributed by atoms with Gasteiger partial charge in [-0.1, -0.05) is 0 Å². The summed E-state index contributed by atoms with van der Waals surface area (Å²) in [5.74, 6) is -1.80. The van der Waals surface area contributed by atoms with Crippen LogP contribution < -0.4 is 0 Å². The fraction of sp³-hybridized carbons (Fsp3) is 0.125. The molecule has 14 heavy (non-hydrogen) atoms. The molecule has 0 aromatic carbocycles. The van der Waals surface area contributed by atoms with Crippen LogP contribution in [-0.4, -0.2) is 29.1 Å². The van der Waals surface area contributed by atoms with Crippen LogP contribution in [0.5, 0.6) is 0 Å². The number of carbonyl (C=O) groups is 2. The van der Waals surface area contributed by atoms with E-state index in [1.165, 1.54) is 13.2 Å². The maximum Gasteiger partial charge on any atom is 0.356 e. The van der Waals surface area contributed by atoms with Gasteiger partial charge in [0.25, 0.3) is 0 Å². The van der Waals surface area contributed by atoms with Crippen molar-refractivity contribution in [3.8, 4) is 0 Å². The summed E-state index contributed by atoms with van der Waals surface area (Å²) in [6.45, 7) is 0. The van der Waals surface area contributed by atoms with Crippen LogP contribution in [0.2, 0.25) is 0 Å². The molecule has 74 valence electrons. The molecule has 0 fully saturated rings. The van der Waals surface area contributed by atoms with Gasteiger partial charge in [0.1, 0.15) is 4.60 Å². The molecular weight excluding hydrogens is 254 g/mol. The van der Waals surface area contributed by atoms with Crippen LogP contribution in [0.1, 0.15) is 20.8 Å². The van der Waals surface area contributed by atoms with Crippen LogP contribution in [0.4, 0.5) is 0 Å². The Morgan fingerprint density at radius 2 is 2.14 bits per heavy atom. The molecule has 0 spiro atoms. The third-order valence-electron chi connectivity index (χ3n) is 1.44. The molecule has 0 aliphatic heterocycles. The Balaban J connectivity index is 3.20. The minimum absolute atomic E-state index is 0.0210. The Morgan fingerprint density at radius 3 is 2.64 bits per heavy atom. The van der Waals surface area contributed by atoms with Gasteiger partial charge in [-0.2, -0.15) is 0 Å². The number of pyridine rings is 1. The fourth-order valence-corrected chi connectivity index (χ4v) is 1.27. The van der Waals surface area contributed by atoms with E-state index in [1.807, 2.05) is 0 Å². The summed E-state index contributed by atoms with van der Waals surface area (Å²) in [6.07, 6.45) is 0. The quantitative estimate of drug-likeness (QED) is 0.641. The van der Waals surface area contributed by atoms with Gasteiger partial charge >= 0.3 is 11.9 Å². The van der Waals surface area contributed by atoms with Crippen LogP contribution in [0.25, 0.3) is 0 Å². The average molecular weight is 260 g/mol. The van der Waals surface area contributed by atoms with Crippen molar-refractivity contribution in [2.75, 3.05) is 7.11 Å². The smallest absolute Gasteiger partial charge is 0.356 e. The molecule has 1 heterocycles. The lowest BCUT2D eigenvalue weighted by atomic mass is 10.2. The second-order valence-electron chi connectivity index (χ2n) is 2.36. The molecule has 6 heteroatoms. The van der Waals surface area contributed by atoms with E-state index in [2.05, 4.69) is 25.7 Å². The molecule has 0 saturated heterocycles. The Bertz CT molecular complexity index is 391. The summed E-state index contributed by atoms with van der Waals surface area (Å²) in [6, 6.07) is 2.45. The van der Waals surface area contributed by atoms with E-state index < -0.39 is 11.9 Å². The van der Waals surface area contributed by atoms with Crippen molar-refractivity contribution in [3.05, 3.63) is 28.0 Å². The van der Waals surface area contributed by atoms with E-state index >= 15 is 0 Å². The standard InChI is InChI=1S/C8H6BrNO4/c1-14-8(13)5-2-4(7(11)12)3-6(9)10-5/h2-3H,1H3,(H,11,12). The minimum Gasteiger partial charge on any atom is -0.478 e. The van der Waals surface area contributed by atoms with Gasteiger partial charge in [0.15, 0.2) is 5.69 Å². The predicted molar refractivity (Wildman–Crippen MR) is 50.2 cm³/mol. The zero-order valence-electron chi connectivity index (χ0n) is 7.15. The number of ether oxygens (including phenoxy) is 1. The first-order chi connectivity index (χ1) is 6.54. The number of hydrogen-bond donors (Lipinski definition) is 1. The number of hydrogen-bond acceptors (Lipinski definition) is 4. The highest BCUT2D eigenvalue weighted by Crippen LogP contribution is 2.12. The van der Waals surface area contributed by atoms with Gasteiger partial charge in [0.2, 0.25) is 0 Å². The highest BCUT2D eigenvalue weighted by molar-refractivity contribution is 9.10. The molecule has 0 aliphatic carbocycles. The third kappa shape index (κ3) is 2.29. The van der Waals surface area contributed by atoms with E-state index in [4.69, 9.17) is 5.11 Å². The number of esters is 1. The number of aromatic carboxylic acids is 1. The number of carboxylic acid groups (broad SMARTS) is 1. The lowest BCUT2D eigenvalue weighted by molar-refractivity contribution is 0.0594. The Hall–Kier alpha value is -1.43. The molecular formula is C8H6BrNO4. The van der Waals surface area contributed by atoms with E-state index in [9.17, 15) is 9.59 Å². The largest absolute Gasteiger partial charge is 0.478 e. The van der Waals surface area contributed by atoms with Gasteiger partial charge in [0, 0.05) is 0 Å². The molecule has 0 bridgehead atoms. The molecule has 0 unspecified atom stereocenters. The molecule has 1 aromatic heterocycles. The van der Waals surface area contributed by atoms with Gasteiger partial charge in [-0.3, -0.25) is 0 Å². The SMILES string of the molecule is COC(=O)c1cc(C(=O)O)cc(Br)n1. The first kappa shape index (κ1) is 10.6. The first-order valence-corrected chi connectivity index (χ1v) is 4.33. The van der Waals surface area contributed by atoms with E-state index in [1.54, 1.807) is 0 Å². The average Bonchev–Trinajstić information content (AvgIpc) is 2.15. The lowest BCUT2D eigenvalue weighted by Gasteiger charge is -2.00. The summed E-state index contributed by atoms with van der Waals surface area (Å²) in [5.41, 5.74) is -0.0634. The zero-order chi connectivity index (χ0) is 10.7. The van der Waals surface area contributed by atoms with Crippen molar-refractivity contribution in [2.24, 2.45) is 0 Å². The summed E-state index contributed by atoms with van der Waals surface area (Å²) >= 11 is 3.00. The van der Waals surface area contributed by atoms with Crippen LogP contribution in [0.15, 0.2) is 16.7 Å². The van der Waals surface area contributed by atoms with E-state index in [-0.39, 0.29) is 15.9 Å². The predicted octanol–water partition coefficient (Wildman–Crippen LogP) is 1.33.